The zero-order valence-corrected chi connectivity index (χ0v) is 10.2. The average Bonchev–Trinajstić information content (AvgIpc) is 3.18. The maximum Gasteiger partial charge on any atom is 0.0541 e. The van der Waals surface area contributed by atoms with E-state index in [-0.39, 0.29) is 11.6 Å². The molecule has 3 rings (SSSR count). The third-order valence-corrected chi connectivity index (χ3v) is 4.38. The van der Waals surface area contributed by atoms with Crippen LogP contribution in [0.25, 0.3) is 0 Å². The summed E-state index contributed by atoms with van der Waals surface area (Å²) in [7, 11) is 0. The molecule has 2 heteroatoms. The minimum Gasteiger partial charge on any atom is -0.393 e. The quantitative estimate of drug-likeness (QED) is 0.822. The molecule has 2 fully saturated rings. The summed E-state index contributed by atoms with van der Waals surface area (Å²) in [4.78, 5) is 0. The highest BCUT2D eigenvalue weighted by Gasteiger charge is 2.33. The monoisotopic (exact) mass is 231 g/mol. The fourth-order valence-corrected chi connectivity index (χ4v) is 2.91. The van der Waals surface area contributed by atoms with Gasteiger partial charge in [-0.3, -0.25) is 0 Å². The summed E-state index contributed by atoms with van der Waals surface area (Å²) in [6.45, 7) is 0. The molecular weight excluding hydrogens is 210 g/mol. The van der Waals surface area contributed by atoms with E-state index in [2.05, 4.69) is 24.3 Å². The standard InChI is InChI=1S/C15H21NO/c16-15(9-7-14(17)8-10-15)13-5-3-12(4-6-13)11-1-2-11/h3-6,11,14,17H,1-2,7-10,16H2. The van der Waals surface area contributed by atoms with Crippen molar-refractivity contribution in [3.63, 3.8) is 0 Å². The SMILES string of the molecule is NC1(c2ccc(C3CC3)cc2)CCC(O)CC1. The summed E-state index contributed by atoms with van der Waals surface area (Å²) in [6, 6.07) is 8.88. The second-order valence-corrected chi connectivity index (χ2v) is 5.78. The third-order valence-electron chi connectivity index (χ3n) is 4.38. The molecule has 0 amide bonds. The van der Waals surface area contributed by atoms with Crippen molar-refractivity contribution in [2.75, 3.05) is 0 Å². The van der Waals surface area contributed by atoms with Gasteiger partial charge in [0.15, 0.2) is 0 Å². The first-order chi connectivity index (χ1) is 8.17. The number of aliphatic hydroxyl groups excluding tert-OH is 1. The lowest BCUT2D eigenvalue weighted by Gasteiger charge is -2.36. The van der Waals surface area contributed by atoms with E-state index in [9.17, 15) is 5.11 Å². The van der Waals surface area contributed by atoms with E-state index >= 15 is 0 Å². The second kappa shape index (κ2) is 4.11. The number of hydrogen-bond donors (Lipinski definition) is 2. The van der Waals surface area contributed by atoms with Crippen molar-refractivity contribution in [3.05, 3.63) is 35.4 Å². The van der Waals surface area contributed by atoms with Gasteiger partial charge in [0, 0.05) is 5.54 Å². The molecule has 0 bridgehead atoms. The van der Waals surface area contributed by atoms with Crippen LogP contribution in [0.4, 0.5) is 0 Å². The van der Waals surface area contributed by atoms with Crippen LogP contribution in [0.2, 0.25) is 0 Å². The van der Waals surface area contributed by atoms with Gasteiger partial charge in [-0.25, -0.2) is 0 Å². The molecule has 1 aromatic carbocycles. The van der Waals surface area contributed by atoms with Crippen LogP contribution in [0.5, 0.6) is 0 Å². The Morgan fingerprint density at radius 2 is 1.59 bits per heavy atom. The van der Waals surface area contributed by atoms with Crippen molar-refractivity contribution in [2.24, 2.45) is 5.73 Å². The van der Waals surface area contributed by atoms with Crippen LogP contribution < -0.4 is 5.73 Å². The van der Waals surface area contributed by atoms with E-state index in [4.69, 9.17) is 5.73 Å². The summed E-state index contributed by atoms with van der Waals surface area (Å²) in [6.07, 6.45) is 6.02. The molecule has 0 unspecified atom stereocenters. The first kappa shape index (κ1) is 11.2. The summed E-state index contributed by atoms with van der Waals surface area (Å²) in [5, 5.41) is 9.56. The predicted octanol–water partition coefficient (Wildman–Crippen LogP) is 2.65. The van der Waals surface area contributed by atoms with Crippen LogP contribution >= 0.6 is 0 Å². The molecule has 1 aromatic rings. The van der Waals surface area contributed by atoms with E-state index in [1.807, 2.05) is 0 Å². The number of nitrogens with two attached hydrogens (primary N) is 1. The Morgan fingerprint density at radius 1 is 1.00 bits per heavy atom. The van der Waals surface area contributed by atoms with Gasteiger partial charge in [0.1, 0.15) is 0 Å². The largest absolute Gasteiger partial charge is 0.393 e. The molecule has 2 nitrogen and oxygen atoms in total. The molecule has 0 aliphatic heterocycles. The number of rotatable bonds is 2. The number of hydrogen-bond acceptors (Lipinski definition) is 2. The molecule has 0 spiro atoms. The normalized spacial score (nSPS) is 33.6. The highest BCUT2D eigenvalue weighted by molar-refractivity contribution is 5.32. The van der Waals surface area contributed by atoms with Gasteiger partial charge in [0.25, 0.3) is 0 Å². The van der Waals surface area contributed by atoms with Crippen molar-refractivity contribution < 1.29 is 5.11 Å². The fraction of sp³-hybridized carbons (Fsp3) is 0.600. The lowest BCUT2D eigenvalue weighted by Crippen LogP contribution is -2.41. The van der Waals surface area contributed by atoms with Gasteiger partial charge in [-0.05, 0) is 55.6 Å². The van der Waals surface area contributed by atoms with Crippen LogP contribution in [0.1, 0.15) is 55.6 Å². The molecule has 2 saturated carbocycles. The Bertz CT molecular complexity index is 386. The molecule has 3 N–H and O–H groups in total. The lowest BCUT2D eigenvalue weighted by atomic mass is 9.76. The molecule has 92 valence electrons. The number of aliphatic hydroxyl groups is 1. The van der Waals surface area contributed by atoms with Crippen LogP contribution in [-0.2, 0) is 5.54 Å². The van der Waals surface area contributed by atoms with Crippen molar-refractivity contribution in [2.45, 2.75) is 56.1 Å². The summed E-state index contributed by atoms with van der Waals surface area (Å²) in [5.41, 5.74) is 8.98. The minimum atomic E-state index is -0.207. The van der Waals surface area contributed by atoms with Gasteiger partial charge < -0.3 is 10.8 Å². The summed E-state index contributed by atoms with van der Waals surface area (Å²) < 4.78 is 0. The Kier molecular flexibility index (Phi) is 2.72. The highest BCUT2D eigenvalue weighted by Crippen LogP contribution is 2.41. The van der Waals surface area contributed by atoms with E-state index in [0.717, 1.165) is 31.6 Å². The molecule has 0 atom stereocenters. The Balaban J connectivity index is 1.78. The Hall–Kier alpha value is -0.860. The molecular formula is C15H21NO. The molecule has 2 aliphatic carbocycles. The average molecular weight is 231 g/mol. The zero-order chi connectivity index (χ0) is 11.9. The first-order valence-corrected chi connectivity index (χ1v) is 6.75. The number of benzene rings is 1. The van der Waals surface area contributed by atoms with Gasteiger partial charge in [0.2, 0.25) is 0 Å². The fourth-order valence-electron chi connectivity index (χ4n) is 2.91. The Labute approximate surface area is 103 Å². The molecule has 2 aliphatic rings. The van der Waals surface area contributed by atoms with Crippen LogP contribution in [-0.4, -0.2) is 11.2 Å². The van der Waals surface area contributed by atoms with Crippen molar-refractivity contribution >= 4 is 0 Å². The summed E-state index contributed by atoms with van der Waals surface area (Å²) in [5.74, 6) is 0.811. The van der Waals surface area contributed by atoms with Crippen LogP contribution in [0.15, 0.2) is 24.3 Å². The van der Waals surface area contributed by atoms with Gasteiger partial charge in [-0.2, -0.15) is 0 Å². The van der Waals surface area contributed by atoms with Crippen molar-refractivity contribution in [3.8, 4) is 0 Å². The van der Waals surface area contributed by atoms with Crippen molar-refractivity contribution in [1.29, 1.82) is 0 Å². The van der Waals surface area contributed by atoms with Gasteiger partial charge in [-0.15, -0.1) is 0 Å². The van der Waals surface area contributed by atoms with Gasteiger partial charge in [-0.1, -0.05) is 24.3 Å². The van der Waals surface area contributed by atoms with E-state index in [0.29, 0.717) is 0 Å². The maximum atomic E-state index is 9.56. The van der Waals surface area contributed by atoms with Gasteiger partial charge >= 0.3 is 0 Å². The second-order valence-electron chi connectivity index (χ2n) is 5.78. The Morgan fingerprint density at radius 3 is 2.12 bits per heavy atom. The lowest BCUT2D eigenvalue weighted by molar-refractivity contribution is 0.0969. The predicted molar refractivity (Wildman–Crippen MR) is 68.8 cm³/mol. The maximum absolute atomic E-state index is 9.56. The highest BCUT2D eigenvalue weighted by atomic mass is 16.3. The first-order valence-electron chi connectivity index (χ1n) is 6.75. The van der Waals surface area contributed by atoms with Gasteiger partial charge in [0.05, 0.1) is 6.10 Å². The molecule has 0 heterocycles. The smallest absolute Gasteiger partial charge is 0.0541 e. The van der Waals surface area contributed by atoms with E-state index in [1.54, 1.807) is 0 Å². The minimum absolute atomic E-state index is 0.141. The zero-order valence-electron chi connectivity index (χ0n) is 10.2. The van der Waals surface area contributed by atoms with Crippen molar-refractivity contribution in [1.82, 2.24) is 0 Å². The van der Waals surface area contributed by atoms with E-state index in [1.165, 1.54) is 24.0 Å². The van der Waals surface area contributed by atoms with E-state index < -0.39 is 0 Å². The van der Waals surface area contributed by atoms with Crippen LogP contribution in [0, 0.1) is 0 Å². The molecule has 0 saturated heterocycles. The molecule has 0 radical (unpaired) electrons. The topological polar surface area (TPSA) is 46.2 Å². The third kappa shape index (κ3) is 2.24. The molecule has 0 aromatic heterocycles. The summed E-state index contributed by atoms with van der Waals surface area (Å²) >= 11 is 0. The molecule has 17 heavy (non-hydrogen) atoms. The van der Waals surface area contributed by atoms with Crippen LogP contribution in [0.3, 0.4) is 0 Å².